The van der Waals surface area contributed by atoms with Gasteiger partial charge in [-0.2, -0.15) is 0 Å². The van der Waals surface area contributed by atoms with Crippen LogP contribution < -0.4 is 5.32 Å². The van der Waals surface area contributed by atoms with Crippen LogP contribution in [-0.4, -0.2) is 37.5 Å². The van der Waals surface area contributed by atoms with Crippen molar-refractivity contribution >= 4 is 5.91 Å². The van der Waals surface area contributed by atoms with E-state index in [1.807, 2.05) is 24.9 Å². The molecule has 1 aromatic rings. The van der Waals surface area contributed by atoms with Gasteiger partial charge in [-0.3, -0.25) is 4.79 Å². The van der Waals surface area contributed by atoms with Crippen molar-refractivity contribution < 1.29 is 9.18 Å². The fraction of sp³-hybridized carbons (Fsp3) is 0.611. The zero-order valence-corrected chi connectivity index (χ0v) is 13.6. The SMILES string of the molecule is CNC[C@H]1CCCN(C(=O)[C@@H](C)CCc2ccccc2F)C1. The Morgan fingerprint density at radius 3 is 2.95 bits per heavy atom. The lowest BCUT2D eigenvalue weighted by Gasteiger charge is -2.34. The maximum Gasteiger partial charge on any atom is 0.225 e. The minimum Gasteiger partial charge on any atom is -0.342 e. The number of rotatable bonds is 6. The summed E-state index contributed by atoms with van der Waals surface area (Å²) in [6, 6.07) is 6.83. The number of nitrogens with zero attached hydrogens (tertiary/aromatic N) is 1. The number of aryl methyl sites for hydroxylation is 1. The third-order valence-corrected chi connectivity index (χ3v) is 4.55. The Labute approximate surface area is 132 Å². The molecule has 1 amide bonds. The van der Waals surface area contributed by atoms with E-state index in [0.29, 0.717) is 24.3 Å². The van der Waals surface area contributed by atoms with Crippen LogP contribution in [0.1, 0.15) is 31.7 Å². The molecule has 0 aliphatic carbocycles. The highest BCUT2D eigenvalue weighted by atomic mass is 19.1. The molecule has 0 saturated carbocycles. The Bertz CT molecular complexity index is 490. The summed E-state index contributed by atoms with van der Waals surface area (Å²) < 4.78 is 13.6. The van der Waals surface area contributed by atoms with Crippen molar-refractivity contribution in [2.75, 3.05) is 26.7 Å². The van der Waals surface area contributed by atoms with Gasteiger partial charge in [-0.05, 0) is 56.8 Å². The Kier molecular flexibility index (Phi) is 6.37. The average Bonchev–Trinajstić information content (AvgIpc) is 2.53. The third-order valence-electron chi connectivity index (χ3n) is 4.55. The molecule has 122 valence electrons. The number of hydrogen-bond acceptors (Lipinski definition) is 2. The predicted octanol–water partition coefficient (Wildman–Crippen LogP) is 2.85. The smallest absolute Gasteiger partial charge is 0.225 e. The highest BCUT2D eigenvalue weighted by Gasteiger charge is 2.26. The van der Waals surface area contributed by atoms with Crippen molar-refractivity contribution in [3.05, 3.63) is 35.6 Å². The minimum absolute atomic E-state index is 0.0482. The van der Waals surface area contributed by atoms with Crippen LogP contribution >= 0.6 is 0 Å². The van der Waals surface area contributed by atoms with Gasteiger partial charge in [0.2, 0.25) is 5.91 Å². The molecule has 0 bridgehead atoms. The van der Waals surface area contributed by atoms with Gasteiger partial charge in [0.25, 0.3) is 0 Å². The predicted molar refractivity (Wildman–Crippen MR) is 87.1 cm³/mol. The maximum absolute atomic E-state index is 13.6. The van der Waals surface area contributed by atoms with E-state index in [2.05, 4.69) is 5.32 Å². The van der Waals surface area contributed by atoms with Gasteiger partial charge in [-0.1, -0.05) is 25.1 Å². The zero-order chi connectivity index (χ0) is 15.9. The van der Waals surface area contributed by atoms with Crippen molar-refractivity contribution in [3.63, 3.8) is 0 Å². The van der Waals surface area contributed by atoms with Gasteiger partial charge in [-0.25, -0.2) is 4.39 Å². The van der Waals surface area contributed by atoms with Crippen molar-refractivity contribution in [3.8, 4) is 0 Å². The van der Waals surface area contributed by atoms with E-state index in [1.165, 1.54) is 12.5 Å². The van der Waals surface area contributed by atoms with Crippen molar-refractivity contribution in [2.45, 2.75) is 32.6 Å². The topological polar surface area (TPSA) is 32.3 Å². The molecule has 4 heteroatoms. The molecule has 0 spiro atoms. The maximum atomic E-state index is 13.6. The number of likely N-dealkylation sites (tertiary alicyclic amines) is 1. The lowest BCUT2D eigenvalue weighted by molar-refractivity contribution is -0.137. The number of amides is 1. The summed E-state index contributed by atoms with van der Waals surface area (Å²) in [7, 11) is 1.96. The largest absolute Gasteiger partial charge is 0.342 e. The zero-order valence-electron chi connectivity index (χ0n) is 13.6. The van der Waals surface area contributed by atoms with Crippen LogP contribution in [0.4, 0.5) is 4.39 Å². The van der Waals surface area contributed by atoms with E-state index in [1.54, 1.807) is 12.1 Å². The molecule has 1 saturated heterocycles. The van der Waals surface area contributed by atoms with Gasteiger partial charge in [0.1, 0.15) is 5.82 Å². The van der Waals surface area contributed by atoms with Gasteiger partial charge in [0.05, 0.1) is 0 Å². The van der Waals surface area contributed by atoms with Crippen LogP contribution in [0, 0.1) is 17.7 Å². The van der Waals surface area contributed by atoms with E-state index in [4.69, 9.17) is 0 Å². The Hall–Kier alpha value is -1.42. The van der Waals surface area contributed by atoms with Crippen LogP contribution in [-0.2, 0) is 11.2 Å². The molecule has 3 nitrogen and oxygen atoms in total. The number of nitrogens with one attached hydrogen (secondary N) is 1. The molecule has 1 aromatic carbocycles. The molecule has 2 rings (SSSR count). The summed E-state index contributed by atoms with van der Waals surface area (Å²) in [4.78, 5) is 14.6. The quantitative estimate of drug-likeness (QED) is 0.876. The second-order valence-electron chi connectivity index (χ2n) is 6.38. The third kappa shape index (κ3) is 4.54. The molecule has 22 heavy (non-hydrogen) atoms. The highest BCUT2D eigenvalue weighted by molar-refractivity contribution is 5.78. The molecule has 0 aromatic heterocycles. The van der Waals surface area contributed by atoms with E-state index in [0.717, 1.165) is 26.1 Å². The van der Waals surface area contributed by atoms with Crippen LogP contribution in [0.2, 0.25) is 0 Å². The van der Waals surface area contributed by atoms with Gasteiger partial charge in [0.15, 0.2) is 0 Å². The summed E-state index contributed by atoms with van der Waals surface area (Å²) in [6.45, 7) is 4.64. The van der Waals surface area contributed by atoms with Crippen molar-refractivity contribution in [1.82, 2.24) is 10.2 Å². The van der Waals surface area contributed by atoms with Gasteiger partial charge in [0, 0.05) is 19.0 Å². The van der Waals surface area contributed by atoms with Gasteiger partial charge < -0.3 is 10.2 Å². The first-order valence-corrected chi connectivity index (χ1v) is 8.28. The summed E-state index contributed by atoms with van der Waals surface area (Å²) in [5.74, 6) is 0.556. The Morgan fingerprint density at radius 2 is 2.23 bits per heavy atom. The first kappa shape index (κ1) is 16.9. The summed E-state index contributed by atoms with van der Waals surface area (Å²) in [6.07, 6.45) is 3.59. The van der Waals surface area contributed by atoms with Crippen LogP contribution in [0.5, 0.6) is 0 Å². The number of benzene rings is 1. The van der Waals surface area contributed by atoms with E-state index >= 15 is 0 Å². The minimum atomic E-state index is -0.172. The number of halogens is 1. The molecule has 1 fully saturated rings. The van der Waals surface area contributed by atoms with Crippen molar-refractivity contribution in [1.29, 1.82) is 0 Å². The standard InChI is InChI=1S/C18H27FN2O/c1-14(9-10-16-7-3-4-8-17(16)19)18(22)21-11-5-6-15(13-21)12-20-2/h3-4,7-8,14-15,20H,5-6,9-13H2,1-2H3/t14-,15+/m0/s1. The summed E-state index contributed by atoms with van der Waals surface area (Å²) >= 11 is 0. The van der Waals surface area contributed by atoms with Crippen LogP contribution in [0.25, 0.3) is 0 Å². The van der Waals surface area contributed by atoms with Crippen molar-refractivity contribution in [2.24, 2.45) is 11.8 Å². The first-order chi connectivity index (χ1) is 10.6. The fourth-order valence-electron chi connectivity index (χ4n) is 3.23. The molecular weight excluding hydrogens is 279 g/mol. The van der Waals surface area contributed by atoms with E-state index in [9.17, 15) is 9.18 Å². The lowest BCUT2D eigenvalue weighted by Crippen LogP contribution is -2.44. The second-order valence-corrected chi connectivity index (χ2v) is 6.38. The average molecular weight is 306 g/mol. The van der Waals surface area contributed by atoms with Crippen LogP contribution in [0.15, 0.2) is 24.3 Å². The molecule has 0 unspecified atom stereocenters. The molecular formula is C18H27FN2O. The first-order valence-electron chi connectivity index (χ1n) is 8.28. The molecule has 1 heterocycles. The molecule has 1 aliphatic heterocycles. The highest BCUT2D eigenvalue weighted by Crippen LogP contribution is 2.20. The van der Waals surface area contributed by atoms with E-state index in [-0.39, 0.29) is 17.6 Å². The molecule has 1 aliphatic rings. The number of carbonyl (C=O) groups is 1. The number of piperidine rings is 1. The van der Waals surface area contributed by atoms with E-state index < -0.39 is 0 Å². The monoisotopic (exact) mass is 306 g/mol. The number of carbonyl (C=O) groups excluding carboxylic acids is 1. The lowest BCUT2D eigenvalue weighted by atomic mass is 9.95. The van der Waals surface area contributed by atoms with Crippen LogP contribution in [0.3, 0.4) is 0 Å². The number of hydrogen-bond donors (Lipinski definition) is 1. The molecule has 1 N–H and O–H groups in total. The summed E-state index contributed by atoms with van der Waals surface area (Å²) in [5, 5.41) is 3.20. The van der Waals surface area contributed by atoms with Gasteiger partial charge >= 0.3 is 0 Å². The van der Waals surface area contributed by atoms with Gasteiger partial charge in [-0.15, -0.1) is 0 Å². The normalized spacial score (nSPS) is 20.0. The molecule has 0 radical (unpaired) electrons. The second kappa shape index (κ2) is 8.28. The molecule has 2 atom stereocenters. The summed E-state index contributed by atoms with van der Waals surface area (Å²) in [5.41, 5.74) is 0.703. The Balaban J connectivity index is 1.85. The Morgan fingerprint density at radius 1 is 1.45 bits per heavy atom. The fourth-order valence-corrected chi connectivity index (χ4v) is 3.23.